The highest BCUT2D eigenvalue weighted by Crippen LogP contribution is 2.32. The molecule has 1 saturated heterocycles. The number of nitrogens with one attached hydrogen (secondary N) is 1. The van der Waals surface area contributed by atoms with E-state index in [0.29, 0.717) is 32.2 Å². The van der Waals surface area contributed by atoms with Gasteiger partial charge in [0.1, 0.15) is 12.4 Å². The monoisotopic (exact) mass is 344 g/mol. The highest BCUT2D eigenvalue weighted by molar-refractivity contribution is 5.89. The summed E-state index contributed by atoms with van der Waals surface area (Å²) in [6, 6.07) is 8.47. The normalized spacial score (nSPS) is 20.7. The molecule has 2 aliphatic rings. The van der Waals surface area contributed by atoms with Gasteiger partial charge in [0.05, 0.1) is 12.5 Å². The van der Waals surface area contributed by atoms with Gasteiger partial charge >= 0.3 is 0 Å². The second-order valence-corrected chi connectivity index (χ2v) is 8.09. The van der Waals surface area contributed by atoms with E-state index in [-0.39, 0.29) is 23.1 Å². The van der Waals surface area contributed by atoms with E-state index in [1.54, 1.807) is 0 Å². The van der Waals surface area contributed by atoms with Gasteiger partial charge in [0.25, 0.3) is 0 Å². The van der Waals surface area contributed by atoms with Crippen molar-refractivity contribution in [1.29, 1.82) is 0 Å². The fourth-order valence-corrected chi connectivity index (χ4v) is 3.18. The molecule has 3 rings (SSSR count). The summed E-state index contributed by atoms with van der Waals surface area (Å²) in [6.45, 7) is 7.98. The number of hydrogen-bond acceptors (Lipinski definition) is 3. The molecular weight excluding hydrogens is 316 g/mol. The van der Waals surface area contributed by atoms with Crippen LogP contribution in [-0.2, 0) is 15.0 Å². The first-order valence-corrected chi connectivity index (χ1v) is 9.15. The highest BCUT2D eigenvalue weighted by Gasteiger charge is 2.41. The number of ether oxygens (including phenoxy) is 1. The average Bonchev–Trinajstić information content (AvgIpc) is 3.33. The minimum Gasteiger partial charge on any atom is -0.492 e. The molecule has 136 valence electrons. The van der Waals surface area contributed by atoms with Crippen LogP contribution in [0.4, 0.5) is 0 Å². The summed E-state index contributed by atoms with van der Waals surface area (Å²) in [5.41, 5.74) is 1.39. The lowest BCUT2D eigenvalue weighted by Crippen LogP contribution is -2.35. The molecule has 5 nitrogen and oxygen atoms in total. The molecule has 1 aliphatic carbocycles. The molecule has 2 fully saturated rings. The van der Waals surface area contributed by atoms with Crippen LogP contribution in [0.2, 0.25) is 0 Å². The Kier molecular flexibility index (Phi) is 5.02. The Morgan fingerprint density at radius 1 is 1.24 bits per heavy atom. The van der Waals surface area contributed by atoms with Crippen LogP contribution in [0.15, 0.2) is 24.3 Å². The number of carbonyl (C=O) groups is 2. The number of nitrogens with zero attached hydrogens (tertiary/aromatic N) is 1. The van der Waals surface area contributed by atoms with Crippen molar-refractivity contribution in [2.75, 3.05) is 19.7 Å². The van der Waals surface area contributed by atoms with Crippen molar-refractivity contribution in [2.45, 2.75) is 51.5 Å². The SMILES string of the molecule is CC(C)(C)c1ccc(OCCNC(=O)[C@@H]2CC(=O)N(C3CC3)C2)cc1. The van der Waals surface area contributed by atoms with Crippen molar-refractivity contribution in [2.24, 2.45) is 5.92 Å². The second-order valence-electron chi connectivity index (χ2n) is 8.09. The molecule has 0 aromatic heterocycles. The molecule has 25 heavy (non-hydrogen) atoms. The molecule has 0 unspecified atom stereocenters. The lowest BCUT2D eigenvalue weighted by atomic mass is 9.87. The Labute approximate surface area is 149 Å². The standard InChI is InChI=1S/C20H28N2O3/c1-20(2,3)15-4-8-17(9-5-15)25-11-10-21-19(24)14-12-18(23)22(13-14)16-6-7-16/h4-5,8-9,14,16H,6-7,10-13H2,1-3H3,(H,21,24)/t14-/m1/s1. The van der Waals surface area contributed by atoms with E-state index in [0.717, 1.165) is 18.6 Å². The van der Waals surface area contributed by atoms with Crippen LogP contribution in [0.25, 0.3) is 0 Å². The van der Waals surface area contributed by atoms with Crippen molar-refractivity contribution in [1.82, 2.24) is 10.2 Å². The van der Waals surface area contributed by atoms with Crippen molar-refractivity contribution < 1.29 is 14.3 Å². The van der Waals surface area contributed by atoms with Gasteiger partial charge in [-0.25, -0.2) is 0 Å². The second kappa shape index (κ2) is 7.06. The molecule has 1 aromatic rings. The molecule has 1 aliphatic heterocycles. The summed E-state index contributed by atoms with van der Waals surface area (Å²) >= 11 is 0. The predicted molar refractivity (Wildman–Crippen MR) is 96.5 cm³/mol. The van der Waals surface area contributed by atoms with Crippen LogP contribution >= 0.6 is 0 Å². The zero-order valence-electron chi connectivity index (χ0n) is 15.4. The molecule has 1 aromatic carbocycles. The number of rotatable bonds is 6. The van der Waals surface area contributed by atoms with Crippen LogP contribution in [-0.4, -0.2) is 42.5 Å². The van der Waals surface area contributed by atoms with Crippen LogP contribution in [0.5, 0.6) is 5.75 Å². The minimum absolute atomic E-state index is 0.0387. The third-order valence-electron chi connectivity index (χ3n) is 4.91. The lowest BCUT2D eigenvalue weighted by Gasteiger charge is -2.19. The van der Waals surface area contributed by atoms with E-state index in [2.05, 4.69) is 38.2 Å². The maximum absolute atomic E-state index is 12.2. The van der Waals surface area contributed by atoms with Crippen LogP contribution in [0.1, 0.15) is 45.6 Å². The van der Waals surface area contributed by atoms with E-state index in [1.807, 2.05) is 17.0 Å². The smallest absolute Gasteiger partial charge is 0.225 e. The fourth-order valence-electron chi connectivity index (χ4n) is 3.18. The molecule has 0 radical (unpaired) electrons. The summed E-state index contributed by atoms with van der Waals surface area (Å²) in [5.74, 6) is 0.679. The third kappa shape index (κ3) is 4.53. The van der Waals surface area contributed by atoms with Crippen molar-refractivity contribution in [3.8, 4) is 5.75 Å². The van der Waals surface area contributed by atoms with Crippen LogP contribution in [0.3, 0.4) is 0 Å². The summed E-state index contributed by atoms with van der Waals surface area (Å²) in [5, 5.41) is 2.89. The maximum atomic E-state index is 12.2. The molecule has 1 saturated carbocycles. The minimum atomic E-state index is -0.209. The van der Waals surface area contributed by atoms with Gasteiger partial charge in [0.2, 0.25) is 11.8 Å². The Hall–Kier alpha value is -2.04. The zero-order valence-corrected chi connectivity index (χ0v) is 15.4. The van der Waals surface area contributed by atoms with Crippen molar-refractivity contribution >= 4 is 11.8 Å². The summed E-state index contributed by atoms with van der Waals surface area (Å²) in [4.78, 5) is 26.0. The Balaban J connectivity index is 1.38. The van der Waals surface area contributed by atoms with Crippen molar-refractivity contribution in [3.63, 3.8) is 0 Å². The Bertz CT molecular complexity index is 629. The first-order chi connectivity index (χ1) is 11.8. The first kappa shape index (κ1) is 17.8. The summed E-state index contributed by atoms with van der Waals surface area (Å²) < 4.78 is 5.69. The van der Waals surface area contributed by atoms with Gasteiger partial charge in [-0.1, -0.05) is 32.9 Å². The van der Waals surface area contributed by atoms with Gasteiger partial charge in [-0.15, -0.1) is 0 Å². The first-order valence-electron chi connectivity index (χ1n) is 9.15. The number of amides is 2. The number of hydrogen-bond donors (Lipinski definition) is 1. The molecule has 0 spiro atoms. The summed E-state index contributed by atoms with van der Waals surface area (Å²) in [6.07, 6.45) is 2.52. The van der Waals surface area contributed by atoms with Gasteiger partial charge in [-0.2, -0.15) is 0 Å². The number of carbonyl (C=O) groups excluding carboxylic acids is 2. The molecule has 2 amide bonds. The van der Waals surface area contributed by atoms with E-state index < -0.39 is 0 Å². The molecule has 1 heterocycles. The predicted octanol–water partition coefficient (Wildman–Crippen LogP) is 2.49. The molecular formula is C20H28N2O3. The topological polar surface area (TPSA) is 58.6 Å². The van der Waals surface area contributed by atoms with Gasteiger partial charge in [-0.3, -0.25) is 9.59 Å². The quantitative estimate of drug-likeness (QED) is 0.807. The molecule has 0 bridgehead atoms. The van der Waals surface area contributed by atoms with Gasteiger partial charge in [-0.05, 0) is 36.0 Å². The largest absolute Gasteiger partial charge is 0.492 e. The van der Waals surface area contributed by atoms with Crippen LogP contribution < -0.4 is 10.1 Å². The van der Waals surface area contributed by atoms with Gasteiger partial charge < -0.3 is 15.0 Å². The zero-order chi connectivity index (χ0) is 18.0. The van der Waals surface area contributed by atoms with Crippen LogP contribution in [0, 0.1) is 5.92 Å². The highest BCUT2D eigenvalue weighted by atomic mass is 16.5. The van der Waals surface area contributed by atoms with Gasteiger partial charge in [0.15, 0.2) is 0 Å². The fraction of sp³-hybridized carbons (Fsp3) is 0.600. The number of benzene rings is 1. The van der Waals surface area contributed by atoms with E-state index >= 15 is 0 Å². The van der Waals surface area contributed by atoms with Crippen molar-refractivity contribution in [3.05, 3.63) is 29.8 Å². The van der Waals surface area contributed by atoms with E-state index in [9.17, 15) is 9.59 Å². The van der Waals surface area contributed by atoms with E-state index in [1.165, 1.54) is 5.56 Å². The molecule has 5 heteroatoms. The maximum Gasteiger partial charge on any atom is 0.225 e. The molecule has 1 atom stereocenters. The number of likely N-dealkylation sites (tertiary alicyclic amines) is 1. The third-order valence-corrected chi connectivity index (χ3v) is 4.91. The summed E-state index contributed by atoms with van der Waals surface area (Å²) in [7, 11) is 0. The van der Waals surface area contributed by atoms with Gasteiger partial charge in [0, 0.05) is 19.0 Å². The Morgan fingerprint density at radius 3 is 2.52 bits per heavy atom. The molecule has 1 N–H and O–H groups in total. The Morgan fingerprint density at radius 2 is 1.92 bits per heavy atom. The average molecular weight is 344 g/mol. The van der Waals surface area contributed by atoms with E-state index in [4.69, 9.17) is 4.74 Å². The lowest BCUT2D eigenvalue weighted by molar-refractivity contribution is -0.129.